The number of nitrogen functional groups attached to an aromatic ring is 1. The van der Waals surface area contributed by atoms with Crippen molar-refractivity contribution in [2.75, 3.05) is 43.8 Å². The van der Waals surface area contributed by atoms with E-state index in [2.05, 4.69) is 23.2 Å². The topological polar surface area (TPSA) is 50.5 Å². The lowest BCUT2D eigenvalue weighted by Crippen LogP contribution is -2.26. The molecule has 4 heteroatoms. The van der Waals surface area contributed by atoms with Crippen molar-refractivity contribution < 1.29 is 4.74 Å². The molecule has 0 unspecified atom stereocenters. The molecule has 0 aromatic heterocycles. The van der Waals surface area contributed by atoms with Crippen molar-refractivity contribution in [3.05, 3.63) is 23.3 Å². The summed E-state index contributed by atoms with van der Waals surface area (Å²) < 4.78 is 5.46. The van der Waals surface area contributed by atoms with E-state index in [-0.39, 0.29) is 0 Å². The van der Waals surface area contributed by atoms with Crippen LogP contribution in [0.2, 0.25) is 0 Å². The largest absolute Gasteiger partial charge is 0.398 e. The minimum Gasteiger partial charge on any atom is -0.398 e. The van der Waals surface area contributed by atoms with Crippen molar-refractivity contribution in [1.82, 2.24) is 4.90 Å². The van der Waals surface area contributed by atoms with E-state index in [9.17, 15) is 0 Å². The first-order valence-electron chi connectivity index (χ1n) is 7.63. The molecule has 0 bridgehead atoms. The summed E-state index contributed by atoms with van der Waals surface area (Å²) in [5.74, 6) is 0. The molecule has 0 amide bonds. The van der Waals surface area contributed by atoms with Gasteiger partial charge in [-0.1, -0.05) is 0 Å². The van der Waals surface area contributed by atoms with Gasteiger partial charge in [0.15, 0.2) is 0 Å². The number of ether oxygens (including phenoxy) is 1. The van der Waals surface area contributed by atoms with Gasteiger partial charge in [0.05, 0.1) is 6.61 Å². The molecule has 3 N–H and O–H groups in total. The van der Waals surface area contributed by atoms with Crippen molar-refractivity contribution in [3.63, 3.8) is 0 Å². The Bertz CT molecular complexity index is 428. The standard InChI is InChI=1S/C16H27N3O/c1-3-20-12-14-10-15(17)13(2)16(11-14)18-6-9-19-7-4-5-8-19/h10-11,18H,3-9,12,17H2,1-2H3. The predicted octanol–water partition coefficient (Wildman–Crippen LogP) is 2.62. The maximum absolute atomic E-state index is 6.08. The van der Waals surface area contributed by atoms with E-state index in [4.69, 9.17) is 10.5 Å². The van der Waals surface area contributed by atoms with E-state index in [1.165, 1.54) is 25.9 Å². The molecule has 0 atom stereocenters. The van der Waals surface area contributed by atoms with Crippen molar-refractivity contribution in [1.29, 1.82) is 0 Å². The van der Waals surface area contributed by atoms with Gasteiger partial charge in [0.1, 0.15) is 0 Å². The van der Waals surface area contributed by atoms with Gasteiger partial charge in [-0.25, -0.2) is 0 Å². The average Bonchev–Trinajstić information content (AvgIpc) is 2.94. The Morgan fingerprint density at radius 2 is 2.05 bits per heavy atom. The van der Waals surface area contributed by atoms with Gasteiger partial charge < -0.3 is 20.7 Å². The predicted molar refractivity (Wildman–Crippen MR) is 85.1 cm³/mol. The summed E-state index contributed by atoms with van der Waals surface area (Å²) in [4.78, 5) is 2.51. The second-order valence-corrected chi connectivity index (χ2v) is 5.47. The van der Waals surface area contributed by atoms with E-state index in [0.717, 1.165) is 42.2 Å². The van der Waals surface area contributed by atoms with Gasteiger partial charge >= 0.3 is 0 Å². The van der Waals surface area contributed by atoms with Crippen LogP contribution in [-0.4, -0.2) is 37.7 Å². The van der Waals surface area contributed by atoms with Crippen molar-refractivity contribution in [3.8, 4) is 0 Å². The first-order valence-corrected chi connectivity index (χ1v) is 7.63. The molecule has 1 aromatic rings. The second-order valence-electron chi connectivity index (χ2n) is 5.47. The third-order valence-electron chi connectivity index (χ3n) is 3.92. The highest BCUT2D eigenvalue weighted by atomic mass is 16.5. The molecule has 0 radical (unpaired) electrons. The van der Waals surface area contributed by atoms with Crippen molar-refractivity contribution in [2.45, 2.75) is 33.3 Å². The number of hydrogen-bond donors (Lipinski definition) is 2. The van der Waals surface area contributed by atoms with E-state index in [1.54, 1.807) is 0 Å². The molecule has 1 aliphatic heterocycles. The third-order valence-corrected chi connectivity index (χ3v) is 3.92. The van der Waals surface area contributed by atoms with Crippen LogP contribution in [0.3, 0.4) is 0 Å². The Morgan fingerprint density at radius 1 is 1.30 bits per heavy atom. The van der Waals surface area contributed by atoms with Crippen molar-refractivity contribution >= 4 is 11.4 Å². The zero-order valence-electron chi connectivity index (χ0n) is 12.7. The normalized spacial score (nSPS) is 15.7. The Kier molecular flexibility index (Phi) is 5.68. The van der Waals surface area contributed by atoms with Crippen LogP contribution in [0, 0.1) is 6.92 Å². The number of nitrogens with one attached hydrogen (secondary N) is 1. The van der Waals surface area contributed by atoms with Gasteiger partial charge in [-0.3, -0.25) is 0 Å². The SMILES string of the molecule is CCOCc1cc(N)c(C)c(NCCN2CCCC2)c1. The van der Waals surface area contributed by atoms with E-state index >= 15 is 0 Å². The second kappa shape index (κ2) is 7.50. The molecule has 0 spiro atoms. The molecule has 1 aliphatic rings. The fourth-order valence-electron chi connectivity index (χ4n) is 2.64. The number of nitrogens with zero attached hydrogens (tertiary/aromatic N) is 1. The minimum absolute atomic E-state index is 0.627. The Balaban J connectivity index is 1.92. The summed E-state index contributed by atoms with van der Waals surface area (Å²) >= 11 is 0. The molecule has 1 heterocycles. The monoisotopic (exact) mass is 277 g/mol. The van der Waals surface area contributed by atoms with Crippen LogP contribution in [0.15, 0.2) is 12.1 Å². The Morgan fingerprint density at radius 3 is 2.75 bits per heavy atom. The highest BCUT2D eigenvalue weighted by Gasteiger charge is 2.11. The quantitative estimate of drug-likeness (QED) is 0.752. The molecule has 2 rings (SSSR count). The van der Waals surface area contributed by atoms with Crippen LogP contribution < -0.4 is 11.1 Å². The number of hydrogen-bond acceptors (Lipinski definition) is 4. The maximum Gasteiger partial charge on any atom is 0.0718 e. The molecular weight excluding hydrogens is 250 g/mol. The lowest BCUT2D eigenvalue weighted by molar-refractivity contribution is 0.134. The van der Waals surface area contributed by atoms with E-state index in [0.29, 0.717) is 6.61 Å². The number of nitrogens with two attached hydrogens (primary N) is 1. The van der Waals surface area contributed by atoms with Gasteiger partial charge in [0.2, 0.25) is 0 Å². The van der Waals surface area contributed by atoms with Crippen LogP contribution in [-0.2, 0) is 11.3 Å². The maximum atomic E-state index is 6.08. The number of benzene rings is 1. The smallest absolute Gasteiger partial charge is 0.0718 e. The fourth-order valence-corrected chi connectivity index (χ4v) is 2.64. The molecule has 4 nitrogen and oxygen atoms in total. The molecule has 112 valence electrons. The highest BCUT2D eigenvalue weighted by molar-refractivity contribution is 5.64. The zero-order chi connectivity index (χ0) is 14.4. The van der Waals surface area contributed by atoms with Gasteiger partial charge in [-0.15, -0.1) is 0 Å². The lowest BCUT2D eigenvalue weighted by Gasteiger charge is -2.18. The summed E-state index contributed by atoms with van der Waals surface area (Å²) in [6, 6.07) is 4.17. The van der Waals surface area contributed by atoms with Crippen LogP contribution in [0.1, 0.15) is 30.9 Å². The molecular formula is C16H27N3O. The Hall–Kier alpha value is -1.26. The van der Waals surface area contributed by atoms with Crippen LogP contribution in [0.25, 0.3) is 0 Å². The summed E-state index contributed by atoms with van der Waals surface area (Å²) in [5.41, 5.74) is 10.3. The van der Waals surface area contributed by atoms with Crippen LogP contribution in [0.4, 0.5) is 11.4 Å². The minimum atomic E-state index is 0.627. The summed E-state index contributed by atoms with van der Waals surface area (Å²) in [5, 5.41) is 3.52. The van der Waals surface area contributed by atoms with Gasteiger partial charge in [-0.05, 0) is 63.0 Å². The summed E-state index contributed by atoms with van der Waals surface area (Å²) in [7, 11) is 0. The molecule has 1 fully saturated rings. The lowest BCUT2D eigenvalue weighted by atomic mass is 10.1. The average molecular weight is 277 g/mol. The summed E-state index contributed by atoms with van der Waals surface area (Å²) in [6.07, 6.45) is 2.69. The van der Waals surface area contributed by atoms with E-state index < -0.39 is 0 Å². The zero-order valence-corrected chi connectivity index (χ0v) is 12.7. The molecule has 0 saturated carbocycles. The summed E-state index contributed by atoms with van der Waals surface area (Å²) in [6.45, 7) is 9.99. The molecule has 0 aliphatic carbocycles. The molecule has 20 heavy (non-hydrogen) atoms. The van der Waals surface area contributed by atoms with E-state index in [1.807, 2.05) is 13.0 Å². The molecule has 1 saturated heterocycles. The highest BCUT2D eigenvalue weighted by Crippen LogP contribution is 2.24. The number of likely N-dealkylation sites (tertiary alicyclic amines) is 1. The first kappa shape index (κ1) is 15.1. The van der Waals surface area contributed by atoms with Gasteiger partial charge in [0.25, 0.3) is 0 Å². The van der Waals surface area contributed by atoms with Crippen molar-refractivity contribution in [2.24, 2.45) is 0 Å². The fraction of sp³-hybridized carbons (Fsp3) is 0.625. The Labute approximate surface area is 122 Å². The first-order chi connectivity index (χ1) is 9.70. The number of rotatable bonds is 7. The molecule has 1 aromatic carbocycles. The number of anilines is 2. The van der Waals surface area contributed by atoms with Crippen LogP contribution >= 0.6 is 0 Å². The van der Waals surface area contributed by atoms with Gasteiger partial charge in [-0.2, -0.15) is 0 Å². The third kappa shape index (κ3) is 4.12. The van der Waals surface area contributed by atoms with Gasteiger partial charge in [0, 0.05) is 31.1 Å². The van der Waals surface area contributed by atoms with Crippen LogP contribution in [0.5, 0.6) is 0 Å².